The lowest BCUT2D eigenvalue weighted by Gasteiger charge is -2.28. The Morgan fingerprint density at radius 1 is 0.952 bits per heavy atom. The number of nitrogens with zero attached hydrogens (tertiary/aromatic N) is 2. The molecule has 0 aliphatic carbocycles. The van der Waals surface area contributed by atoms with Gasteiger partial charge in [-0.1, -0.05) is 24.3 Å². The lowest BCUT2D eigenvalue weighted by Crippen LogP contribution is -2.38. The number of nitrogens with two attached hydrogens (primary N) is 1. The van der Waals surface area contributed by atoms with Crippen LogP contribution < -0.4 is 16.4 Å². The van der Waals surface area contributed by atoms with Gasteiger partial charge in [-0.05, 0) is 60.7 Å². The van der Waals surface area contributed by atoms with Crippen molar-refractivity contribution >= 4 is 50.3 Å². The lowest BCUT2D eigenvalue weighted by molar-refractivity contribution is 0.0965. The number of benzene rings is 2. The van der Waals surface area contributed by atoms with Gasteiger partial charge < -0.3 is 20.7 Å². The maximum Gasteiger partial charge on any atom is 0.410 e. The van der Waals surface area contributed by atoms with Gasteiger partial charge in [0.15, 0.2) is 0 Å². The third kappa shape index (κ3) is 5.86. The number of carbonyl (C=O) groups excluding carboxylic acids is 4. The second kappa shape index (κ2) is 11.9. The summed E-state index contributed by atoms with van der Waals surface area (Å²) in [6.07, 6.45) is 0.425. The minimum Gasteiger partial charge on any atom is -0.450 e. The molecule has 2 aliphatic rings. The Bertz CT molecular complexity index is 1670. The fourth-order valence-electron chi connectivity index (χ4n) is 5.05. The number of carbonyl (C=O) groups is 4. The first-order chi connectivity index (χ1) is 20.1. The Balaban J connectivity index is 1.36. The predicted octanol–water partition coefficient (Wildman–Crippen LogP) is 3.07. The van der Waals surface area contributed by atoms with Crippen LogP contribution in [0.2, 0.25) is 0 Å². The number of amides is 5. The van der Waals surface area contributed by atoms with Crippen molar-refractivity contribution in [3.8, 4) is 0 Å². The summed E-state index contributed by atoms with van der Waals surface area (Å²) in [6, 6.07) is 12.2. The Morgan fingerprint density at radius 3 is 2.36 bits per heavy atom. The van der Waals surface area contributed by atoms with Gasteiger partial charge in [0.25, 0.3) is 11.8 Å². The summed E-state index contributed by atoms with van der Waals surface area (Å²) in [4.78, 5) is 52.0. The molecule has 42 heavy (non-hydrogen) atoms. The average Bonchev–Trinajstić information content (AvgIpc) is 3.33. The summed E-state index contributed by atoms with van der Waals surface area (Å²) in [7, 11) is -3.79. The summed E-state index contributed by atoms with van der Waals surface area (Å²) >= 11 is 1.10. The van der Waals surface area contributed by atoms with Gasteiger partial charge in [0.1, 0.15) is 5.00 Å². The molecule has 14 heteroatoms. The maximum absolute atomic E-state index is 13.3. The molecule has 0 saturated heterocycles. The van der Waals surface area contributed by atoms with Gasteiger partial charge in [-0.15, -0.1) is 11.3 Å². The summed E-state index contributed by atoms with van der Waals surface area (Å²) in [5.74, 6) is -1.36. The van der Waals surface area contributed by atoms with Gasteiger partial charge in [-0.25, -0.2) is 18.0 Å². The SMILES string of the molecule is CCOC(=O)N1CCc2c(sc(NC(=O)c3ccc(S(=O)(=O)N4CCc5ccccc5C4)cc3)c2C(=O)NC(N)=O)C1. The zero-order chi connectivity index (χ0) is 30.0. The van der Waals surface area contributed by atoms with Gasteiger partial charge >= 0.3 is 12.1 Å². The highest BCUT2D eigenvalue weighted by atomic mass is 32.2. The van der Waals surface area contributed by atoms with Gasteiger partial charge in [-0.3, -0.25) is 14.9 Å². The lowest BCUT2D eigenvalue weighted by atomic mass is 10.0. The molecule has 5 rings (SSSR count). The van der Waals surface area contributed by atoms with Gasteiger partial charge in [0, 0.05) is 30.1 Å². The van der Waals surface area contributed by atoms with Crippen molar-refractivity contribution in [2.45, 2.75) is 37.8 Å². The first-order valence-corrected chi connectivity index (χ1v) is 15.5. The van der Waals surface area contributed by atoms with Crippen LogP contribution in [0, 0.1) is 0 Å². The predicted molar refractivity (Wildman–Crippen MR) is 155 cm³/mol. The molecule has 0 saturated carbocycles. The molecule has 0 atom stereocenters. The normalized spacial score (nSPS) is 14.8. The molecule has 12 nitrogen and oxygen atoms in total. The minimum absolute atomic E-state index is 0.0607. The Labute approximate surface area is 246 Å². The molecule has 0 bridgehead atoms. The number of sulfonamides is 1. The molecular weight excluding hydrogens is 582 g/mol. The molecule has 0 radical (unpaired) electrons. The number of primary amides is 1. The highest BCUT2D eigenvalue weighted by Crippen LogP contribution is 2.38. The number of hydrogen-bond donors (Lipinski definition) is 3. The molecule has 1 aromatic heterocycles. The summed E-state index contributed by atoms with van der Waals surface area (Å²) in [5, 5.41) is 4.93. The van der Waals surface area contributed by atoms with Gasteiger partial charge in [0.2, 0.25) is 10.0 Å². The molecule has 2 aromatic carbocycles. The summed E-state index contributed by atoms with van der Waals surface area (Å²) in [5.41, 5.74) is 8.11. The van der Waals surface area contributed by atoms with E-state index in [0.717, 1.165) is 22.5 Å². The molecule has 0 unspecified atom stereocenters. The van der Waals surface area contributed by atoms with Crippen molar-refractivity contribution in [1.82, 2.24) is 14.5 Å². The van der Waals surface area contributed by atoms with E-state index in [2.05, 4.69) is 5.32 Å². The molecule has 0 fully saturated rings. The molecule has 5 amide bonds. The number of anilines is 1. The van der Waals surface area contributed by atoms with Crippen LogP contribution in [0.1, 0.15) is 49.2 Å². The number of ether oxygens (including phenoxy) is 1. The summed E-state index contributed by atoms with van der Waals surface area (Å²) in [6.45, 7) is 2.99. The van der Waals surface area contributed by atoms with E-state index in [4.69, 9.17) is 10.5 Å². The standard InChI is InChI=1S/C28H29N5O7S2/c1-2-40-28(37)32-13-12-21-22(16-32)41-26(23(21)25(35)31-27(29)36)30-24(34)18-7-9-20(10-8-18)42(38,39)33-14-11-17-5-3-4-6-19(17)15-33/h3-10H,2,11-16H2,1H3,(H,30,34)(H3,29,31,35,36). The van der Waals surface area contributed by atoms with Crippen molar-refractivity contribution in [3.63, 3.8) is 0 Å². The number of hydrogen-bond acceptors (Lipinski definition) is 8. The zero-order valence-corrected chi connectivity index (χ0v) is 24.3. The molecule has 0 spiro atoms. The zero-order valence-electron chi connectivity index (χ0n) is 22.7. The number of urea groups is 1. The molecule has 4 N–H and O–H groups in total. The molecule has 3 aromatic rings. The van der Waals surface area contributed by atoms with Crippen LogP contribution in [0.15, 0.2) is 53.4 Å². The highest BCUT2D eigenvalue weighted by molar-refractivity contribution is 7.89. The quantitative estimate of drug-likeness (QED) is 0.385. The van der Waals surface area contributed by atoms with Crippen LogP contribution in [0.25, 0.3) is 0 Å². The van der Waals surface area contributed by atoms with Crippen molar-refractivity contribution in [2.24, 2.45) is 5.73 Å². The Hall–Kier alpha value is -4.27. The fraction of sp³-hybridized carbons (Fsp3) is 0.286. The smallest absolute Gasteiger partial charge is 0.410 e. The van der Waals surface area contributed by atoms with Crippen molar-refractivity contribution < 1.29 is 32.3 Å². The van der Waals surface area contributed by atoms with E-state index >= 15 is 0 Å². The molecule has 3 heterocycles. The third-order valence-corrected chi connectivity index (χ3v) is 10.1. The molecule has 220 valence electrons. The van der Waals surface area contributed by atoms with E-state index in [9.17, 15) is 27.6 Å². The monoisotopic (exact) mass is 611 g/mol. The largest absolute Gasteiger partial charge is 0.450 e. The van der Waals surface area contributed by atoms with Crippen molar-refractivity contribution in [2.75, 3.05) is 25.0 Å². The van der Waals surface area contributed by atoms with E-state index in [1.807, 2.05) is 29.6 Å². The first-order valence-electron chi connectivity index (χ1n) is 13.2. The van der Waals surface area contributed by atoms with Gasteiger partial charge in [-0.2, -0.15) is 4.31 Å². The highest BCUT2D eigenvalue weighted by Gasteiger charge is 2.32. The Morgan fingerprint density at radius 2 is 1.67 bits per heavy atom. The van der Waals surface area contributed by atoms with Crippen LogP contribution in [-0.2, 0) is 40.7 Å². The van der Waals surface area contributed by atoms with Crippen LogP contribution >= 0.6 is 11.3 Å². The van der Waals surface area contributed by atoms with Crippen molar-refractivity contribution in [1.29, 1.82) is 0 Å². The van der Waals surface area contributed by atoms with Crippen LogP contribution in [0.5, 0.6) is 0 Å². The van der Waals surface area contributed by atoms with E-state index in [1.54, 1.807) is 6.92 Å². The topological polar surface area (TPSA) is 168 Å². The minimum atomic E-state index is -3.79. The fourth-order valence-corrected chi connectivity index (χ4v) is 7.73. The maximum atomic E-state index is 13.3. The van der Waals surface area contributed by atoms with Crippen LogP contribution in [-0.4, -0.2) is 61.3 Å². The Kier molecular flexibility index (Phi) is 8.29. The summed E-state index contributed by atoms with van der Waals surface area (Å²) < 4.78 is 33.1. The number of rotatable bonds is 6. The third-order valence-electron chi connectivity index (χ3n) is 7.12. The van der Waals surface area contributed by atoms with Crippen LogP contribution in [0.4, 0.5) is 14.6 Å². The van der Waals surface area contributed by atoms with E-state index < -0.39 is 34.0 Å². The van der Waals surface area contributed by atoms with Crippen molar-refractivity contribution in [3.05, 3.63) is 81.2 Å². The van der Waals surface area contributed by atoms with E-state index in [1.165, 1.54) is 33.5 Å². The number of thiophene rings is 1. The second-order valence-corrected chi connectivity index (χ2v) is 12.8. The van der Waals surface area contributed by atoms with Gasteiger partial charge in [0.05, 0.1) is 23.6 Å². The molecular formula is C28H29N5O7S2. The number of fused-ring (bicyclic) bond motifs is 2. The van der Waals surface area contributed by atoms with Crippen LogP contribution in [0.3, 0.4) is 0 Å². The second-order valence-electron chi connectivity index (χ2n) is 9.73. The first kappa shape index (κ1) is 29.2. The number of imide groups is 1. The number of nitrogens with one attached hydrogen (secondary N) is 2. The van der Waals surface area contributed by atoms with E-state index in [-0.39, 0.29) is 47.3 Å². The van der Waals surface area contributed by atoms with E-state index in [0.29, 0.717) is 29.8 Å². The molecule has 2 aliphatic heterocycles. The average molecular weight is 612 g/mol.